The number of nitrogens with zero attached hydrogens (tertiary/aromatic N) is 1. The second kappa shape index (κ2) is 6.04. The van der Waals surface area contributed by atoms with Crippen LogP contribution in [0.1, 0.15) is 13.3 Å². The van der Waals surface area contributed by atoms with Gasteiger partial charge in [0.15, 0.2) is 0 Å². The molecule has 0 aliphatic rings. The zero-order chi connectivity index (χ0) is 14.6. The van der Waals surface area contributed by atoms with Gasteiger partial charge in [-0.05, 0) is 12.5 Å². The highest BCUT2D eigenvalue weighted by Gasteiger charge is 2.22. The molecule has 1 rings (SSSR count). The summed E-state index contributed by atoms with van der Waals surface area (Å²) in [7, 11) is -4.02. The third-order valence-corrected chi connectivity index (χ3v) is 3.98. The molecule has 2 N–H and O–H groups in total. The highest BCUT2D eigenvalue weighted by molar-refractivity contribution is 7.89. The molecule has 0 amide bonds. The Kier molecular flexibility index (Phi) is 4.92. The number of benzene rings is 1. The first kappa shape index (κ1) is 15.5. The van der Waals surface area contributed by atoms with Gasteiger partial charge in [0.05, 0.1) is 16.4 Å². The number of rotatable bonds is 6. The van der Waals surface area contributed by atoms with E-state index in [1.807, 2.05) is 0 Å². The van der Waals surface area contributed by atoms with Crippen LogP contribution in [0, 0.1) is 15.9 Å². The fraction of sp³-hybridized carbons (Fsp3) is 0.400. The van der Waals surface area contributed by atoms with Crippen LogP contribution in [0.25, 0.3) is 0 Å². The topological polar surface area (TPSA) is 110 Å². The van der Waals surface area contributed by atoms with Crippen LogP contribution in [0.4, 0.5) is 10.1 Å². The number of aliphatic hydroxyl groups excluding tert-OH is 1. The summed E-state index contributed by atoms with van der Waals surface area (Å²) in [5, 5.41) is 19.3. The lowest BCUT2D eigenvalue weighted by Gasteiger charge is -2.14. The van der Waals surface area contributed by atoms with Gasteiger partial charge in [-0.15, -0.1) is 0 Å². The van der Waals surface area contributed by atoms with Crippen LogP contribution in [0.3, 0.4) is 0 Å². The molecule has 0 unspecified atom stereocenters. The Bertz CT molecular complexity index is 571. The Morgan fingerprint density at radius 1 is 1.53 bits per heavy atom. The van der Waals surface area contributed by atoms with Crippen LogP contribution in [0.5, 0.6) is 0 Å². The molecule has 0 radical (unpaired) electrons. The van der Waals surface area contributed by atoms with Gasteiger partial charge < -0.3 is 5.11 Å². The van der Waals surface area contributed by atoms with Gasteiger partial charge in [-0.25, -0.2) is 13.1 Å². The minimum Gasteiger partial charge on any atom is -0.395 e. The molecule has 0 aliphatic carbocycles. The van der Waals surface area contributed by atoms with Crippen molar-refractivity contribution in [3.63, 3.8) is 0 Å². The van der Waals surface area contributed by atoms with Crippen LogP contribution in [-0.2, 0) is 10.0 Å². The van der Waals surface area contributed by atoms with E-state index in [1.54, 1.807) is 6.92 Å². The predicted octanol–water partition coefficient (Wildman–Crippen LogP) is 0.783. The number of aliphatic hydroxyl groups is 1. The number of nitro benzene ring substituents is 1. The normalized spacial score (nSPS) is 13.2. The molecule has 1 aromatic rings. The molecule has 9 heteroatoms. The Hall–Kier alpha value is -1.58. The maximum Gasteiger partial charge on any atom is 0.304 e. The van der Waals surface area contributed by atoms with Gasteiger partial charge >= 0.3 is 5.69 Å². The molecule has 19 heavy (non-hydrogen) atoms. The van der Waals surface area contributed by atoms with E-state index < -0.39 is 44.0 Å². The van der Waals surface area contributed by atoms with Gasteiger partial charge in [-0.2, -0.15) is 4.39 Å². The van der Waals surface area contributed by atoms with Crippen molar-refractivity contribution in [2.24, 2.45) is 0 Å². The SMILES string of the molecule is CC[C@H](CO)NS(=O)(=O)c1ccc([N+](=O)[O-])c(F)c1. The van der Waals surface area contributed by atoms with Crippen LogP contribution in [0.2, 0.25) is 0 Å². The average molecular weight is 292 g/mol. The van der Waals surface area contributed by atoms with E-state index in [0.717, 1.165) is 12.1 Å². The van der Waals surface area contributed by atoms with Crippen molar-refractivity contribution < 1.29 is 22.8 Å². The van der Waals surface area contributed by atoms with Crippen LogP contribution in [-0.4, -0.2) is 31.1 Å². The van der Waals surface area contributed by atoms with E-state index in [4.69, 9.17) is 5.11 Å². The van der Waals surface area contributed by atoms with E-state index in [2.05, 4.69) is 4.72 Å². The number of hydrogen-bond donors (Lipinski definition) is 2. The Labute approximate surface area is 109 Å². The summed E-state index contributed by atoms with van der Waals surface area (Å²) < 4.78 is 39.2. The van der Waals surface area contributed by atoms with E-state index in [0.29, 0.717) is 12.5 Å². The Morgan fingerprint density at radius 2 is 2.16 bits per heavy atom. The van der Waals surface area contributed by atoms with Crippen molar-refractivity contribution in [3.05, 3.63) is 34.1 Å². The smallest absolute Gasteiger partial charge is 0.304 e. The summed E-state index contributed by atoms with van der Waals surface area (Å²) in [6.45, 7) is 1.27. The van der Waals surface area contributed by atoms with Gasteiger partial charge in [0.1, 0.15) is 0 Å². The Balaban J connectivity index is 3.09. The number of halogens is 1. The van der Waals surface area contributed by atoms with Gasteiger partial charge in [0, 0.05) is 18.2 Å². The first-order valence-electron chi connectivity index (χ1n) is 5.39. The average Bonchev–Trinajstić information content (AvgIpc) is 2.35. The van der Waals surface area contributed by atoms with Crippen molar-refractivity contribution in [2.75, 3.05) is 6.61 Å². The van der Waals surface area contributed by atoms with E-state index in [1.165, 1.54) is 0 Å². The summed E-state index contributed by atoms with van der Waals surface area (Å²) in [5.41, 5.74) is -0.798. The molecular weight excluding hydrogens is 279 g/mol. The second-order valence-electron chi connectivity index (χ2n) is 3.78. The maximum atomic E-state index is 13.3. The third-order valence-electron chi connectivity index (χ3n) is 2.46. The number of hydrogen-bond acceptors (Lipinski definition) is 5. The van der Waals surface area contributed by atoms with Crippen molar-refractivity contribution in [2.45, 2.75) is 24.3 Å². The van der Waals surface area contributed by atoms with Gasteiger partial charge in [0.2, 0.25) is 15.8 Å². The summed E-state index contributed by atoms with van der Waals surface area (Å²) in [6, 6.07) is 1.60. The van der Waals surface area contributed by atoms with E-state index in [-0.39, 0.29) is 0 Å². The summed E-state index contributed by atoms with van der Waals surface area (Å²) in [6.07, 6.45) is 0.352. The molecular formula is C10H13FN2O5S. The zero-order valence-electron chi connectivity index (χ0n) is 10.0. The highest BCUT2D eigenvalue weighted by Crippen LogP contribution is 2.20. The third kappa shape index (κ3) is 3.69. The quantitative estimate of drug-likeness (QED) is 0.595. The van der Waals surface area contributed by atoms with Gasteiger partial charge in [0.25, 0.3) is 0 Å². The number of nitro groups is 1. The fourth-order valence-electron chi connectivity index (χ4n) is 1.34. The van der Waals surface area contributed by atoms with Crippen LogP contribution >= 0.6 is 0 Å². The molecule has 0 fully saturated rings. The zero-order valence-corrected chi connectivity index (χ0v) is 10.9. The van der Waals surface area contributed by atoms with Crippen molar-refractivity contribution >= 4 is 15.7 Å². The summed E-state index contributed by atoms with van der Waals surface area (Å²) in [5.74, 6) is -1.23. The molecule has 0 aliphatic heterocycles. The van der Waals surface area contributed by atoms with Crippen LogP contribution < -0.4 is 4.72 Å². The summed E-state index contributed by atoms with van der Waals surface area (Å²) >= 11 is 0. The largest absolute Gasteiger partial charge is 0.395 e. The number of sulfonamides is 1. The number of nitrogens with one attached hydrogen (secondary N) is 1. The monoisotopic (exact) mass is 292 g/mol. The standard InChI is InChI=1S/C10H13FN2O5S/c1-2-7(6-14)12-19(17,18)8-3-4-10(13(15)16)9(11)5-8/h3-5,7,12,14H,2,6H2,1H3/t7-/m1/s1. The lowest BCUT2D eigenvalue weighted by atomic mass is 10.3. The van der Waals surface area contributed by atoms with Gasteiger partial charge in [-0.3, -0.25) is 10.1 Å². The molecule has 1 aromatic carbocycles. The van der Waals surface area contributed by atoms with Crippen LogP contribution in [0.15, 0.2) is 23.1 Å². The second-order valence-corrected chi connectivity index (χ2v) is 5.49. The molecule has 1 atom stereocenters. The predicted molar refractivity (Wildman–Crippen MR) is 64.5 cm³/mol. The first-order chi connectivity index (χ1) is 8.81. The summed E-state index contributed by atoms with van der Waals surface area (Å²) in [4.78, 5) is 9.05. The molecule has 0 saturated carbocycles. The molecule has 0 bridgehead atoms. The fourth-order valence-corrected chi connectivity index (χ4v) is 2.66. The highest BCUT2D eigenvalue weighted by atomic mass is 32.2. The minimum absolute atomic E-state index is 0.352. The van der Waals surface area contributed by atoms with Crippen molar-refractivity contribution in [1.29, 1.82) is 0 Å². The molecule has 7 nitrogen and oxygen atoms in total. The molecule has 106 valence electrons. The molecule has 0 saturated heterocycles. The maximum absolute atomic E-state index is 13.3. The lowest BCUT2D eigenvalue weighted by molar-refractivity contribution is -0.387. The minimum atomic E-state index is -4.02. The van der Waals surface area contributed by atoms with E-state index >= 15 is 0 Å². The Morgan fingerprint density at radius 3 is 2.58 bits per heavy atom. The molecule has 0 aromatic heterocycles. The van der Waals surface area contributed by atoms with Crippen molar-refractivity contribution in [1.82, 2.24) is 4.72 Å². The first-order valence-corrected chi connectivity index (χ1v) is 6.87. The van der Waals surface area contributed by atoms with E-state index in [9.17, 15) is 22.9 Å². The molecule has 0 spiro atoms. The van der Waals surface area contributed by atoms with Crippen molar-refractivity contribution in [3.8, 4) is 0 Å². The molecule has 0 heterocycles. The van der Waals surface area contributed by atoms with Gasteiger partial charge in [-0.1, -0.05) is 6.92 Å². The lowest BCUT2D eigenvalue weighted by Crippen LogP contribution is -2.36.